The van der Waals surface area contributed by atoms with Gasteiger partial charge in [0.05, 0.1) is 0 Å². The van der Waals surface area contributed by atoms with Crippen molar-refractivity contribution in [3.05, 3.63) is 29.6 Å². The Morgan fingerprint density at radius 2 is 2.05 bits per heavy atom. The van der Waals surface area contributed by atoms with Crippen LogP contribution in [0.4, 0.5) is 0 Å². The van der Waals surface area contributed by atoms with Gasteiger partial charge < -0.3 is 5.32 Å². The van der Waals surface area contributed by atoms with Gasteiger partial charge in [0.15, 0.2) is 0 Å². The Hall–Kier alpha value is -0.890. The maximum absolute atomic E-state index is 4.63. The second-order valence-corrected chi connectivity index (χ2v) is 6.25. The van der Waals surface area contributed by atoms with Gasteiger partial charge in [-0.05, 0) is 43.4 Å². The highest BCUT2D eigenvalue weighted by molar-refractivity contribution is 5.14. The lowest BCUT2D eigenvalue weighted by atomic mass is 9.95. The monoisotopic (exact) mass is 274 g/mol. The van der Waals surface area contributed by atoms with Crippen molar-refractivity contribution in [2.75, 3.05) is 6.54 Å². The van der Waals surface area contributed by atoms with E-state index in [1.807, 2.05) is 6.20 Å². The van der Waals surface area contributed by atoms with Gasteiger partial charge in [-0.25, -0.2) is 0 Å². The number of nitrogens with one attached hydrogen (secondary N) is 1. The molecule has 1 heterocycles. The Labute approximate surface area is 124 Å². The van der Waals surface area contributed by atoms with Crippen LogP contribution in [0.15, 0.2) is 18.3 Å². The molecule has 1 atom stereocenters. The summed E-state index contributed by atoms with van der Waals surface area (Å²) in [5.74, 6) is 0.944. The molecule has 1 saturated carbocycles. The minimum Gasteiger partial charge on any atom is -0.314 e. The summed E-state index contributed by atoms with van der Waals surface area (Å²) >= 11 is 0. The maximum atomic E-state index is 4.63. The van der Waals surface area contributed by atoms with Crippen LogP contribution in [-0.4, -0.2) is 17.6 Å². The molecule has 1 unspecified atom stereocenters. The molecule has 0 spiro atoms. The lowest BCUT2D eigenvalue weighted by Crippen LogP contribution is -2.33. The molecule has 0 aromatic carbocycles. The molecule has 2 rings (SSSR count). The Morgan fingerprint density at radius 3 is 2.65 bits per heavy atom. The van der Waals surface area contributed by atoms with E-state index in [-0.39, 0.29) is 0 Å². The van der Waals surface area contributed by atoms with Gasteiger partial charge >= 0.3 is 0 Å². The summed E-state index contributed by atoms with van der Waals surface area (Å²) in [4.78, 5) is 4.63. The lowest BCUT2D eigenvalue weighted by Gasteiger charge is -2.21. The molecule has 20 heavy (non-hydrogen) atoms. The van der Waals surface area contributed by atoms with Gasteiger partial charge in [0, 0.05) is 24.4 Å². The molecule has 112 valence electrons. The quantitative estimate of drug-likeness (QED) is 0.771. The van der Waals surface area contributed by atoms with Crippen molar-refractivity contribution in [2.45, 2.75) is 71.3 Å². The molecule has 0 amide bonds. The van der Waals surface area contributed by atoms with Crippen LogP contribution in [-0.2, 0) is 12.8 Å². The van der Waals surface area contributed by atoms with Crippen LogP contribution < -0.4 is 5.32 Å². The van der Waals surface area contributed by atoms with E-state index >= 15 is 0 Å². The summed E-state index contributed by atoms with van der Waals surface area (Å²) in [6, 6.07) is 5.06. The smallest absolute Gasteiger partial charge is 0.0419 e. The van der Waals surface area contributed by atoms with E-state index in [9.17, 15) is 0 Å². The normalized spacial score (nSPS) is 17.5. The van der Waals surface area contributed by atoms with Gasteiger partial charge in [-0.2, -0.15) is 0 Å². The van der Waals surface area contributed by atoms with Crippen LogP contribution in [0.5, 0.6) is 0 Å². The molecule has 0 aliphatic heterocycles. The van der Waals surface area contributed by atoms with Crippen molar-refractivity contribution in [2.24, 2.45) is 5.92 Å². The van der Waals surface area contributed by atoms with Crippen LogP contribution in [0.3, 0.4) is 0 Å². The molecule has 0 radical (unpaired) electrons. The molecule has 1 aromatic heterocycles. The highest BCUT2D eigenvalue weighted by Gasteiger charge is 2.20. The number of aryl methyl sites for hydroxylation is 1. The summed E-state index contributed by atoms with van der Waals surface area (Å²) in [6.45, 7) is 5.56. The molecule has 1 aliphatic rings. The Balaban J connectivity index is 1.90. The molecule has 1 fully saturated rings. The van der Waals surface area contributed by atoms with Crippen molar-refractivity contribution in [1.29, 1.82) is 0 Å². The number of pyridine rings is 1. The second-order valence-electron chi connectivity index (χ2n) is 6.25. The fourth-order valence-electron chi connectivity index (χ4n) is 3.27. The summed E-state index contributed by atoms with van der Waals surface area (Å²) < 4.78 is 0. The molecule has 2 nitrogen and oxygen atoms in total. The van der Waals surface area contributed by atoms with E-state index in [4.69, 9.17) is 0 Å². The standard InChI is InChI=1S/C18H30N2/c1-3-11-19-18(12-16-7-5-6-8-16)13-17-10-9-15(4-2)14-20-17/h9-10,14,16,18-19H,3-8,11-13H2,1-2H3. The van der Waals surface area contributed by atoms with Gasteiger partial charge in [0.25, 0.3) is 0 Å². The number of hydrogen-bond acceptors (Lipinski definition) is 2. The van der Waals surface area contributed by atoms with E-state index in [0.29, 0.717) is 6.04 Å². The number of rotatable bonds is 8. The SMILES string of the molecule is CCCNC(Cc1ccc(CC)cn1)CC1CCCC1. The third kappa shape index (κ3) is 4.90. The number of nitrogens with zero attached hydrogens (tertiary/aromatic N) is 1. The van der Waals surface area contributed by atoms with Crippen LogP contribution in [0.1, 0.15) is 63.6 Å². The molecule has 1 N–H and O–H groups in total. The van der Waals surface area contributed by atoms with Crippen molar-refractivity contribution in [3.8, 4) is 0 Å². The molecule has 0 bridgehead atoms. The van der Waals surface area contributed by atoms with E-state index in [0.717, 1.165) is 25.3 Å². The zero-order valence-corrected chi connectivity index (χ0v) is 13.2. The molecule has 2 heteroatoms. The zero-order chi connectivity index (χ0) is 14.2. The topological polar surface area (TPSA) is 24.9 Å². The summed E-state index contributed by atoms with van der Waals surface area (Å²) in [7, 11) is 0. The van der Waals surface area contributed by atoms with Gasteiger partial charge in [-0.15, -0.1) is 0 Å². The van der Waals surface area contributed by atoms with Crippen molar-refractivity contribution in [1.82, 2.24) is 10.3 Å². The minimum absolute atomic E-state index is 0.609. The first-order valence-electron chi connectivity index (χ1n) is 8.49. The third-order valence-corrected chi connectivity index (χ3v) is 4.53. The van der Waals surface area contributed by atoms with Gasteiger partial charge in [-0.3, -0.25) is 4.98 Å². The second kappa shape index (κ2) is 8.41. The minimum atomic E-state index is 0.609. The predicted octanol–water partition coefficient (Wildman–Crippen LogP) is 4.14. The molecule has 1 aliphatic carbocycles. The highest BCUT2D eigenvalue weighted by Crippen LogP contribution is 2.29. The van der Waals surface area contributed by atoms with Crippen molar-refractivity contribution < 1.29 is 0 Å². The fraction of sp³-hybridized carbons (Fsp3) is 0.722. The Morgan fingerprint density at radius 1 is 1.25 bits per heavy atom. The van der Waals surface area contributed by atoms with E-state index in [2.05, 4.69) is 36.3 Å². The summed E-state index contributed by atoms with van der Waals surface area (Å²) in [5, 5.41) is 3.73. The van der Waals surface area contributed by atoms with E-state index < -0.39 is 0 Å². The highest BCUT2D eigenvalue weighted by atomic mass is 14.9. The first-order valence-corrected chi connectivity index (χ1v) is 8.49. The Kier molecular flexibility index (Phi) is 6.52. The van der Waals surface area contributed by atoms with E-state index in [1.54, 1.807) is 0 Å². The van der Waals surface area contributed by atoms with Gasteiger partial charge in [0.2, 0.25) is 0 Å². The molecule has 0 saturated heterocycles. The fourth-order valence-corrected chi connectivity index (χ4v) is 3.27. The van der Waals surface area contributed by atoms with Gasteiger partial charge in [-0.1, -0.05) is 45.6 Å². The predicted molar refractivity (Wildman–Crippen MR) is 86.0 cm³/mol. The van der Waals surface area contributed by atoms with Crippen LogP contribution >= 0.6 is 0 Å². The Bertz CT molecular complexity index is 366. The van der Waals surface area contributed by atoms with Crippen molar-refractivity contribution in [3.63, 3.8) is 0 Å². The maximum Gasteiger partial charge on any atom is 0.0419 e. The van der Waals surface area contributed by atoms with Crippen molar-refractivity contribution >= 4 is 0 Å². The average molecular weight is 274 g/mol. The van der Waals surface area contributed by atoms with Crippen LogP contribution in [0.25, 0.3) is 0 Å². The largest absolute Gasteiger partial charge is 0.314 e. The number of aromatic nitrogens is 1. The van der Waals surface area contributed by atoms with Crippen LogP contribution in [0, 0.1) is 5.92 Å². The summed E-state index contributed by atoms with van der Waals surface area (Å²) in [6.07, 6.45) is 12.5. The van der Waals surface area contributed by atoms with Crippen LogP contribution in [0.2, 0.25) is 0 Å². The molecular weight excluding hydrogens is 244 g/mol. The first kappa shape index (κ1) is 15.5. The number of hydrogen-bond donors (Lipinski definition) is 1. The van der Waals surface area contributed by atoms with E-state index in [1.165, 1.54) is 49.8 Å². The molecular formula is C18H30N2. The molecule has 1 aromatic rings. The zero-order valence-electron chi connectivity index (χ0n) is 13.2. The first-order chi connectivity index (χ1) is 9.81. The average Bonchev–Trinajstić information content (AvgIpc) is 2.98. The lowest BCUT2D eigenvalue weighted by molar-refractivity contribution is 0.383. The van der Waals surface area contributed by atoms with Gasteiger partial charge in [0.1, 0.15) is 0 Å². The third-order valence-electron chi connectivity index (χ3n) is 4.53. The summed E-state index contributed by atoms with van der Waals surface area (Å²) in [5.41, 5.74) is 2.58.